The highest BCUT2D eigenvalue weighted by Crippen LogP contribution is 2.11. The van der Waals surface area contributed by atoms with E-state index in [9.17, 15) is 4.79 Å². The molecule has 3 aromatic rings. The number of anilines is 1. The molecule has 3 rings (SSSR count). The van der Waals surface area contributed by atoms with E-state index < -0.39 is 0 Å². The SMILES string of the molecule is O=C(NCc1ccc(Cl)cc1)c1cc(NCCc2ccccc2)ccn1. The van der Waals surface area contributed by atoms with Gasteiger partial charge in [-0.2, -0.15) is 0 Å². The lowest BCUT2D eigenvalue weighted by atomic mass is 10.1. The maximum atomic E-state index is 12.3. The zero-order valence-corrected chi connectivity index (χ0v) is 15.0. The van der Waals surface area contributed by atoms with Crippen LogP contribution < -0.4 is 10.6 Å². The Morgan fingerprint density at radius 3 is 2.50 bits per heavy atom. The van der Waals surface area contributed by atoms with Crippen molar-refractivity contribution < 1.29 is 4.79 Å². The molecule has 0 aliphatic rings. The molecule has 132 valence electrons. The van der Waals surface area contributed by atoms with E-state index in [2.05, 4.69) is 27.8 Å². The van der Waals surface area contributed by atoms with E-state index in [0.29, 0.717) is 17.3 Å². The van der Waals surface area contributed by atoms with E-state index in [-0.39, 0.29) is 5.91 Å². The van der Waals surface area contributed by atoms with Gasteiger partial charge in [0.05, 0.1) is 0 Å². The number of hydrogen-bond acceptors (Lipinski definition) is 3. The van der Waals surface area contributed by atoms with Crippen LogP contribution in [0.2, 0.25) is 5.02 Å². The summed E-state index contributed by atoms with van der Waals surface area (Å²) in [4.78, 5) is 16.5. The van der Waals surface area contributed by atoms with Crippen molar-refractivity contribution in [3.63, 3.8) is 0 Å². The van der Waals surface area contributed by atoms with E-state index in [4.69, 9.17) is 11.6 Å². The minimum Gasteiger partial charge on any atom is -0.385 e. The Balaban J connectivity index is 1.52. The third kappa shape index (κ3) is 5.33. The van der Waals surface area contributed by atoms with Crippen molar-refractivity contribution in [1.82, 2.24) is 10.3 Å². The topological polar surface area (TPSA) is 54.0 Å². The van der Waals surface area contributed by atoms with Crippen LogP contribution in [0.3, 0.4) is 0 Å². The standard InChI is InChI=1S/C21H20ClN3O/c22-18-8-6-17(7-9-18)15-25-21(26)20-14-19(11-13-24-20)23-12-10-16-4-2-1-3-5-16/h1-9,11,13-14H,10,12,15H2,(H,23,24)(H,25,26). The monoisotopic (exact) mass is 365 g/mol. The normalized spacial score (nSPS) is 10.3. The zero-order valence-electron chi connectivity index (χ0n) is 14.3. The van der Waals surface area contributed by atoms with Gasteiger partial charge in [0.15, 0.2) is 0 Å². The number of amides is 1. The molecule has 0 aliphatic carbocycles. The minimum atomic E-state index is -0.202. The van der Waals surface area contributed by atoms with Gasteiger partial charge in [0.1, 0.15) is 5.69 Å². The summed E-state index contributed by atoms with van der Waals surface area (Å²) < 4.78 is 0. The smallest absolute Gasteiger partial charge is 0.270 e. The molecule has 0 saturated carbocycles. The summed E-state index contributed by atoms with van der Waals surface area (Å²) in [5, 5.41) is 6.88. The molecule has 0 radical (unpaired) electrons. The van der Waals surface area contributed by atoms with Crippen LogP contribution in [0, 0.1) is 0 Å². The van der Waals surface area contributed by atoms with Gasteiger partial charge in [0, 0.05) is 30.0 Å². The number of halogens is 1. The third-order valence-electron chi connectivity index (χ3n) is 3.94. The van der Waals surface area contributed by atoms with Gasteiger partial charge in [0.2, 0.25) is 0 Å². The molecular weight excluding hydrogens is 346 g/mol. The first-order chi connectivity index (χ1) is 12.7. The highest BCUT2D eigenvalue weighted by atomic mass is 35.5. The van der Waals surface area contributed by atoms with E-state index in [1.807, 2.05) is 36.4 Å². The average Bonchev–Trinajstić information content (AvgIpc) is 2.68. The van der Waals surface area contributed by atoms with Crippen LogP contribution in [-0.4, -0.2) is 17.4 Å². The van der Waals surface area contributed by atoms with Gasteiger partial charge in [-0.1, -0.05) is 54.1 Å². The molecule has 1 amide bonds. The van der Waals surface area contributed by atoms with Gasteiger partial charge in [-0.25, -0.2) is 0 Å². The number of nitrogens with one attached hydrogen (secondary N) is 2. The lowest BCUT2D eigenvalue weighted by molar-refractivity contribution is 0.0946. The van der Waals surface area contributed by atoms with Crippen LogP contribution in [0.1, 0.15) is 21.6 Å². The largest absolute Gasteiger partial charge is 0.385 e. The molecule has 0 fully saturated rings. The fourth-order valence-electron chi connectivity index (χ4n) is 2.54. The Hall–Kier alpha value is -2.85. The number of benzene rings is 2. The zero-order chi connectivity index (χ0) is 18.2. The molecule has 2 N–H and O–H groups in total. The fourth-order valence-corrected chi connectivity index (χ4v) is 2.66. The predicted octanol–water partition coefficient (Wildman–Crippen LogP) is 4.32. The molecule has 4 nitrogen and oxygen atoms in total. The van der Waals surface area contributed by atoms with Crippen LogP contribution in [-0.2, 0) is 13.0 Å². The third-order valence-corrected chi connectivity index (χ3v) is 4.20. The second-order valence-corrected chi connectivity index (χ2v) is 6.34. The lowest BCUT2D eigenvalue weighted by Crippen LogP contribution is -2.23. The summed E-state index contributed by atoms with van der Waals surface area (Å²) in [7, 11) is 0. The molecule has 1 aromatic heterocycles. The van der Waals surface area contributed by atoms with Crippen molar-refractivity contribution in [3.8, 4) is 0 Å². The van der Waals surface area contributed by atoms with Gasteiger partial charge < -0.3 is 10.6 Å². The number of aromatic nitrogens is 1. The summed E-state index contributed by atoms with van der Waals surface area (Å²) in [5.41, 5.74) is 3.53. The minimum absolute atomic E-state index is 0.202. The summed E-state index contributed by atoms with van der Waals surface area (Å²) in [6.07, 6.45) is 2.56. The van der Waals surface area contributed by atoms with Crippen molar-refractivity contribution in [2.24, 2.45) is 0 Å². The van der Waals surface area contributed by atoms with Crippen molar-refractivity contribution >= 4 is 23.2 Å². The van der Waals surface area contributed by atoms with E-state index in [1.165, 1.54) is 5.56 Å². The van der Waals surface area contributed by atoms with Crippen molar-refractivity contribution in [2.45, 2.75) is 13.0 Å². The molecule has 5 heteroatoms. The first kappa shape index (κ1) is 18.0. The number of carbonyl (C=O) groups excluding carboxylic acids is 1. The molecule has 0 unspecified atom stereocenters. The van der Waals surface area contributed by atoms with Crippen LogP contribution in [0.15, 0.2) is 72.9 Å². The highest BCUT2D eigenvalue weighted by molar-refractivity contribution is 6.30. The predicted molar refractivity (Wildman–Crippen MR) is 105 cm³/mol. The average molecular weight is 366 g/mol. The summed E-state index contributed by atoms with van der Waals surface area (Å²) in [6, 6.07) is 21.3. The Kier molecular flexibility index (Phi) is 6.23. The number of pyridine rings is 1. The van der Waals surface area contributed by atoms with Gasteiger partial charge in [-0.15, -0.1) is 0 Å². The number of carbonyl (C=O) groups is 1. The van der Waals surface area contributed by atoms with E-state index in [0.717, 1.165) is 24.2 Å². The Labute approximate surface area is 158 Å². The van der Waals surface area contributed by atoms with Gasteiger partial charge >= 0.3 is 0 Å². The number of hydrogen-bond donors (Lipinski definition) is 2. The van der Waals surface area contributed by atoms with Crippen LogP contribution in [0.5, 0.6) is 0 Å². The molecule has 0 saturated heterocycles. The summed E-state index contributed by atoms with van der Waals surface area (Å²) >= 11 is 5.86. The number of nitrogens with zero attached hydrogens (tertiary/aromatic N) is 1. The van der Waals surface area contributed by atoms with Crippen LogP contribution in [0.25, 0.3) is 0 Å². The number of rotatable bonds is 7. The molecule has 0 bridgehead atoms. The quantitative estimate of drug-likeness (QED) is 0.655. The van der Waals surface area contributed by atoms with Crippen LogP contribution >= 0.6 is 11.6 Å². The second-order valence-electron chi connectivity index (χ2n) is 5.90. The maximum absolute atomic E-state index is 12.3. The molecule has 0 atom stereocenters. The van der Waals surface area contributed by atoms with Gasteiger partial charge in [0.25, 0.3) is 5.91 Å². The van der Waals surface area contributed by atoms with Crippen molar-refractivity contribution in [1.29, 1.82) is 0 Å². The fraction of sp³-hybridized carbons (Fsp3) is 0.143. The lowest BCUT2D eigenvalue weighted by Gasteiger charge is -2.09. The van der Waals surface area contributed by atoms with Crippen molar-refractivity contribution in [3.05, 3.63) is 94.8 Å². The van der Waals surface area contributed by atoms with Crippen LogP contribution in [0.4, 0.5) is 5.69 Å². The molecule has 2 aromatic carbocycles. The van der Waals surface area contributed by atoms with E-state index in [1.54, 1.807) is 24.4 Å². The molecule has 1 heterocycles. The first-order valence-corrected chi connectivity index (χ1v) is 8.85. The highest BCUT2D eigenvalue weighted by Gasteiger charge is 2.08. The van der Waals surface area contributed by atoms with Crippen molar-refractivity contribution in [2.75, 3.05) is 11.9 Å². The summed E-state index contributed by atoms with van der Waals surface area (Å²) in [6.45, 7) is 1.23. The first-order valence-electron chi connectivity index (χ1n) is 8.47. The van der Waals surface area contributed by atoms with E-state index >= 15 is 0 Å². The Morgan fingerprint density at radius 2 is 1.73 bits per heavy atom. The van der Waals surface area contributed by atoms with Gasteiger partial charge in [-0.3, -0.25) is 9.78 Å². The van der Waals surface area contributed by atoms with Gasteiger partial charge in [-0.05, 0) is 41.8 Å². The second kappa shape index (κ2) is 9.02. The molecule has 0 aliphatic heterocycles. The molecular formula is C21H20ClN3O. The summed E-state index contributed by atoms with van der Waals surface area (Å²) in [5.74, 6) is -0.202. The Bertz CT molecular complexity index is 851. The Morgan fingerprint density at radius 1 is 0.962 bits per heavy atom. The molecule has 26 heavy (non-hydrogen) atoms. The molecule has 0 spiro atoms. The maximum Gasteiger partial charge on any atom is 0.270 e.